The van der Waals surface area contributed by atoms with Gasteiger partial charge in [0.05, 0.1) is 29.2 Å². The highest BCUT2D eigenvalue weighted by atomic mass is 35.5. The molecule has 5 rings (SSSR count). The Morgan fingerprint density at radius 2 is 1.87 bits per heavy atom. The third-order valence-electron chi connectivity index (χ3n) is 4.81. The van der Waals surface area contributed by atoms with Gasteiger partial charge in [0.15, 0.2) is 5.82 Å². The van der Waals surface area contributed by atoms with Crippen LogP contribution in [0, 0.1) is 0 Å². The molecular weight excluding hydrogens is 439 g/mol. The number of rotatable bonds is 5. The molecule has 0 saturated carbocycles. The van der Waals surface area contributed by atoms with Gasteiger partial charge in [-0.1, -0.05) is 41.4 Å². The van der Waals surface area contributed by atoms with Crippen LogP contribution in [0.4, 0.5) is 0 Å². The van der Waals surface area contributed by atoms with Crippen molar-refractivity contribution in [1.29, 1.82) is 0 Å². The molecule has 2 aromatic heterocycles. The Bertz CT molecular complexity index is 1230. The Kier molecular flexibility index (Phi) is 5.37. The summed E-state index contributed by atoms with van der Waals surface area (Å²) >= 11 is 14.6. The lowest BCUT2D eigenvalue weighted by Crippen LogP contribution is -2.09. The van der Waals surface area contributed by atoms with Crippen molar-refractivity contribution in [2.75, 3.05) is 0 Å². The van der Waals surface area contributed by atoms with Gasteiger partial charge in [-0.15, -0.1) is 22.0 Å². The van der Waals surface area contributed by atoms with E-state index in [1.54, 1.807) is 18.0 Å². The Hall–Kier alpha value is -2.54. The number of halogens is 2. The van der Waals surface area contributed by atoms with Crippen LogP contribution in [0.3, 0.4) is 0 Å². The number of thioether (sulfide) groups is 1. The van der Waals surface area contributed by atoms with Gasteiger partial charge in [0.1, 0.15) is 18.1 Å². The van der Waals surface area contributed by atoms with Crippen LogP contribution in [0.2, 0.25) is 10.0 Å². The minimum Gasteiger partial charge on any atom is -0.468 e. The first-order valence-electron chi connectivity index (χ1n) is 9.33. The molecule has 3 heterocycles. The third kappa shape index (κ3) is 3.67. The summed E-state index contributed by atoms with van der Waals surface area (Å²) in [5.74, 6) is 4.04. The highest BCUT2D eigenvalue weighted by molar-refractivity contribution is 7.97. The lowest BCUT2D eigenvalue weighted by Gasteiger charge is -2.14. The lowest BCUT2D eigenvalue weighted by atomic mass is 10.0. The van der Waals surface area contributed by atoms with E-state index in [9.17, 15) is 0 Å². The fourth-order valence-corrected chi connectivity index (χ4v) is 4.71. The number of aliphatic imine (C=N–C) groups is 1. The minimum absolute atomic E-state index is 0.405. The van der Waals surface area contributed by atoms with Crippen molar-refractivity contribution in [1.82, 2.24) is 14.8 Å². The standard InChI is InChI=1S/C22H16Cl2N4OS/c23-14-7-8-19-17(10-14)22(16-5-1-2-6-18(16)24)25-11-20-26-27-21(28(19)20)13-30-12-15-4-3-9-29-15/h1-10H,11-13H2. The maximum Gasteiger partial charge on any atom is 0.159 e. The number of hydrogen-bond donors (Lipinski definition) is 0. The highest BCUT2D eigenvalue weighted by Crippen LogP contribution is 2.31. The average Bonchev–Trinajstić information content (AvgIpc) is 3.37. The largest absolute Gasteiger partial charge is 0.468 e. The van der Waals surface area contributed by atoms with Crippen molar-refractivity contribution in [3.63, 3.8) is 0 Å². The highest BCUT2D eigenvalue weighted by Gasteiger charge is 2.24. The van der Waals surface area contributed by atoms with E-state index >= 15 is 0 Å². The number of furan rings is 1. The average molecular weight is 455 g/mol. The molecule has 8 heteroatoms. The summed E-state index contributed by atoms with van der Waals surface area (Å²) in [6, 6.07) is 17.4. The molecule has 150 valence electrons. The first kappa shape index (κ1) is 19.4. The second kappa shape index (κ2) is 8.30. The molecule has 2 aromatic carbocycles. The van der Waals surface area contributed by atoms with Gasteiger partial charge in [-0.05, 0) is 36.4 Å². The fraction of sp³-hybridized carbons (Fsp3) is 0.136. The van der Waals surface area contributed by atoms with Crippen LogP contribution in [-0.2, 0) is 18.1 Å². The van der Waals surface area contributed by atoms with Crippen LogP contribution in [0.15, 0.2) is 70.3 Å². The maximum atomic E-state index is 6.49. The summed E-state index contributed by atoms with van der Waals surface area (Å²) < 4.78 is 7.50. The lowest BCUT2D eigenvalue weighted by molar-refractivity contribution is 0.530. The summed E-state index contributed by atoms with van der Waals surface area (Å²) in [5.41, 5.74) is 3.53. The zero-order chi connectivity index (χ0) is 20.5. The number of fused-ring (bicyclic) bond motifs is 3. The van der Waals surface area contributed by atoms with E-state index in [4.69, 9.17) is 32.6 Å². The number of hydrogen-bond acceptors (Lipinski definition) is 5. The van der Waals surface area contributed by atoms with Gasteiger partial charge in [0.25, 0.3) is 0 Å². The predicted molar refractivity (Wildman–Crippen MR) is 121 cm³/mol. The summed E-state index contributed by atoms with van der Waals surface area (Å²) in [7, 11) is 0. The van der Waals surface area contributed by atoms with Gasteiger partial charge < -0.3 is 4.42 Å². The van der Waals surface area contributed by atoms with Crippen molar-refractivity contribution < 1.29 is 4.42 Å². The summed E-state index contributed by atoms with van der Waals surface area (Å²) in [6.07, 6.45) is 1.69. The van der Waals surface area contributed by atoms with E-state index in [-0.39, 0.29) is 0 Å². The van der Waals surface area contributed by atoms with Gasteiger partial charge in [-0.2, -0.15) is 0 Å². The van der Waals surface area contributed by atoms with Crippen LogP contribution < -0.4 is 0 Å². The molecule has 4 aromatic rings. The number of benzene rings is 2. The summed E-state index contributed by atoms with van der Waals surface area (Å²) in [6.45, 7) is 0.405. The van der Waals surface area contributed by atoms with Crippen LogP contribution in [0.5, 0.6) is 0 Å². The number of nitrogens with zero attached hydrogens (tertiary/aromatic N) is 4. The smallest absolute Gasteiger partial charge is 0.159 e. The molecule has 1 aliphatic heterocycles. The normalized spacial score (nSPS) is 12.8. The zero-order valence-corrected chi connectivity index (χ0v) is 18.1. The minimum atomic E-state index is 0.405. The second-order valence-electron chi connectivity index (χ2n) is 6.75. The summed E-state index contributed by atoms with van der Waals surface area (Å²) in [4.78, 5) is 4.84. The van der Waals surface area contributed by atoms with E-state index in [1.807, 2.05) is 54.6 Å². The van der Waals surface area contributed by atoms with Gasteiger partial charge in [-0.3, -0.25) is 9.56 Å². The quantitative estimate of drug-likeness (QED) is 0.373. The second-order valence-corrected chi connectivity index (χ2v) is 8.58. The van der Waals surface area contributed by atoms with Crippen LogP contribution in [0.1, 0.15) is 28.5 Å². The maximum absolute atomic E-state index is 6.49. The molecule has 30 heavy (non-hydrogen) atoms. The van der Waals surface area contributed by atoms with Crippen LogP contribution in [-0.4, -0.2) is 20.5 Å². The monoisotopic (exact) mass is 454 g/mol. The van der Waals surface area contributed by atoms with Crippen molar-refractivity contribution in [2.24, 2.45) is 4.99 Å². The van der Waals surface area contributed by atoms with Gasteiger partial charge in [-0.25, -0.2) is 0 Å². The first-order valence-corrected chi connectivity index (χ1v) is 11.2. The molecule has 0 spiro atoms. The van der Waals surface area contributed by atoms with E-state index in [0.717, 1.165) is 45.7 Å². The van der Waals surface area contributed by atoms with Crippen molar-refractivity contribution in [2.45, 2.75) is 18.1 Å². The van der Waals surface area contributed by atoms with Crippen molar-refractivity contribution in [3.05, 3.63) is 99.4 Å². The fourth-order valence-electron chi connectivity index (χ4n) is 3.48. The molecular formula is C22H16Cl2N4OS. The van der Waals surface area contributed by atoms with E-state index in [1.165, 1.54) is 0 Å². The van der Waals surface area contributed by atoms with Gasteiger partial charge in [0, 0.05) is 21.2 Å². The molecule has 0 atom stereocenters. The molecule has 0 amide bonds. The van der Waals surface area contributed by atoms with Crippen molar-refractivity contribution in [3.8, 4) is 5.69 Å². The van der Waals surface area contributed by atoms with Gasteiger partial charge >= 0.3 is 0 Å². The van der Waals surface area contributed by atoms with E-state index < -0.39 is 0 Å². The topological polar surface area (TPSA) is 56.2 Å². The predicted octanol–water partition coefficient (Wildman–Crippen LogP) is 5.95. The molecule has 0 unspecified atom stereocenters. The molecule has 0 radical (unpaired) electrons. The summed E-state index contributed by atoms with van der Waals surface area (Å²) in [5, 5.41) is 10.1. The number of aromatic nitrogens is 3. The van der Waals surface area contributed by atoms with E-state index in [2.05, 4.69) is 14.8 Å². The van der Waals surface area contributed by atoms with Crippen molar-refractivity contribution >= 4 is 40.7 Å². The molecule has 5 nitrogen and oxygen atoms in total. The molecule has 1 aliphatic rings. The van der Waals surface area contributed by atoms with Crippen LogP contribution in [0.25, 0.3) is 5.69 Å². The van der Waals surface area contributed by atoms with E-state index in [0.29, 0.717) is 22.3 Å². The molecule has 0 bridgehead atoms. The van der Waals surface area contributed by atoms with Crippen LogP contribution >= 0.6 is 35.0 Å². The zero-order valence-electron chi connectivity index (χ0n) is 15.8. The third-order valence-corrected chi connectivity index (χ3v) is 6.33. The Morgan fingerprint density at radius 1 is 0.967 bits per heavy atom. The first-order chi connectivity index (χ1) is 14.7. The molecule has 0 aliphatic carbocycles. The molecule has 0 fully saturated rings. The van der Waals surface area contributed by atoms with Gasteiger partial charge in [0.2, 0.25) is 0 Å². The Labute approximate surface area is 187 Å². The molecule has 0 N–H and O–H groups in total. The Morgan fingerprint density at radius 3 is 2.70 bits per heavy atom. The Balaban J connectivity index is 1.55. The SMILES string of the molecule is Clc1ccc2c(c1)C(c1ccccc1Cl)=NCc1nnc(CSCc3ccco3)n1-2. The molecule has 0 saturated heterocycles.